The van der Waals surface area contributed by atoms with Gasteiger partial charge in [0, 0.05) is 5.92 Å². The Balaban J connectivity index is 2.30. The SMILES string of the molecule is CC(C)(C)C1[C@H]2CC[C@@H]1[C@H](O)C2=O. The van der Waals surface area contributed by atoms with Crippen molar-refractivity contribution in [3.63, 3.8) is 0 Å². The van der Waals surface area contributed by atoms with Gasteiger partial charge in [-0.05, 0) is 30.1 Å². The second kappa shape index (κ2) is 2.57. The Morgan fingerprint density at radius 3 is 2.23 bits per heavy atom. The van der Waals surface area contributed by atoms with Crippen LogP contribution in [0.4, 0.5) is 0 Å². The molecule has 0 saturated heterocycles. The van der Waals surface area contributed by atoms with Gasteiger partial charge in [-0.2, -0.15) is 0 Å². The van der Waals surface area contributed by atoms with Crippen molar-refractivity contribution in [3.8, 4) is 0 Å². The van der Waals surface area contributed by atoms with Crippen LogP contribution in [0.1, 0.15) is 33.6 Å². The van der Waals surface area contributed by atoms with Gasteiger partial charge in [-0.3, -0.25) is 4.79 Å². The topological polar surface area (TPSA) is 37.3 Å². The quantitative estimate of drug-likeness (QED) is 0.618. The molecule has 2 aliphatic rings. The summed E-state index contributed by atoms with van der Waals surface area (Å²) in [4.78, 5) is 11.6. The summed E-state index contributed by atoms with van der Waals surface area (Å²) in [6, 6.07) is 0. The van der Waals surface area contributed by atoms with Crippen LogP contribution < -0.4 is 0 Å². The lowest BCUT2D eigenvalue weighted by Crippen LogP contribution is -2.27. The smallest absolute Gasteiger partial charge is 0.164 e. The van der Waals surface area contributed by atoms with Gasteiger partial charge in [-0.15, -0.1) is 0 Å². The Morgan fingerprint density at radius 2 is 1.92 bits per heavy atom. The fourth-order valence-electron chi connectivity index (χ4n) is 3.38. The van der Waals surface area contributed by atoms with Crippen molar-refractivity contribution in [1.29, 1.82) is 0 Å². The number of ketones is 1. The highest BCUT2D eigenvalue weighted by Gasteiger charge is 2.56. The van der Waals surface area contributed by atoms with E-state index in [2.05, 4.69) is 20.8 Å². The minimum atomic E-state index is -0.650. The molecule has 0 aromatic carbocycles. The van der Waals surface area contributed by atoms with E-state index in [1.165, 1.54) is 0 Å². The van der Waals surface area contributed by atoms with Crippen molar-refractivity contribution in [2.24, 2.45) is 23.2 Å². The van der Waals surface area contributed by atoms with Crippen molar-refractivity contribution in [3.05, 3.63) is 0 Å². The molecule has 2 aliphatic carbocycles. The van der Waals surface area contributed by atoms with Gasteiger partial charge in [0.25, 0.3) is 0 Å². The van der Waals surface area contributed by atoms with Crippen molar-refractivity contribution in [2.45, 2.75) is 39.7 Å². The van der Waals surface area contributed by atoms with E-state index < -0.39 is 6.10 Å². The standard InChI is InChI=1S/C11H18O2/c1-11(2,3)8-6-4-5-7(8)10(13)9(6)12/h6-9,12H,4-5H2,1-3H3/t6-,7+,8?,9-/m0/s1. The highest BCUT2D eigenvalue weighted by atomic mass is 16.3. The lowest BCUT2D eigenvalue weighted by molar-refractivity contribution is -0.130. The third-order valence-corrected chi connectivity index (χ3v) is 3.77. The van der Waals surface area contributed by atoms with Crippen molar-refractivity contribution >= 4 is 5.78 Å². The zero-order valence-corrected chi connectivity index (χ0v) is 8.58. The monoisotopic (exact) mass is 182 g/mol. The first-order chi connectivity index (χ1) is 5.93. The van der Waals surface area contributed by atoms with E-state index in [4.69, 9.17) is 0 Å². The van der Waals surface area contributed by atoms with E-state index in [-0.39, 0.29) is 23.0 Å². The average Bonchev–Trinajstić information content (AvgIpc) is 2.50. The largest absolute Gasteiger partial charge is 0.385 e. The van der Waals surface area contributed by atoms with E-state index in [1.807, 2.05) is 0 Å². The van der Waals surface area contributed by atoms with E-state index in [0.717, 1.165) is 12.8 Å². The summed E-state index contributed by atoms with van der Waals surface area (Å²) >= 11 is 0. The number of aliphatic hydroxyl groups excluding tert-OH is 1. The molecule has 2 heteroatoms. The molecular formula is C11H18O2. The third kappa shape index (κ3) is 1.15. The zero-order chi connectivity index (χ0) is 9.80. The predicted octanol–water partition coefficient (Wildman–Crippen LogP) is 1.62. The Kier molecular flexibility index (Phi) is 1.82. The van der Waals surface area contributed by atoms with Crippen LogP contribution in [0.15, 0.2) is 0 Å². The van der Waals surface area contributed by atoms with Crippen LogP contribution in [-0.2, 0) is 4.79 Å². The Labute approximate surface area is 79.3 Å². The molecule has 13 heavy (non-hydrogen) atoms. The number of carbonyl (C=O) groups excluding carboxylic acids is 1. The number of fused-ring (bicyclic) bond motifs is 2. The Hall–Kier alpha value is -0.370. The molecule has 1 unspecified atom stereocenters. The van der Waals surface area contributed by atoms with E-state index in [0.29, 0.717) is 5.92 Å². The molecule has 0 heterocycles. The maximum atomic E-state index is 11.6. The minimum absolute atomic E-state index is 0.108. The number of hydrogen-bond donors (Lipinski definition) is 1. The zero-order valence-electron chi connectivity index (χ0n) is 8.58. The molecule has 0 aromatic rings. The normalized spacial score (nSPS) is 44.5. The molecule has 2 saturated carbocycles. The van der Waals surface area contributed by atoms with E-state index in [9.17, 15) is 9.90 Å². The molecule has 2 fully saturated rings. The summed E-state index contributed by atoms with van der Waals surface area (Å²) in [6.45, 7) is 6.52. The fraction of sp³-hybridized carbons (Fsp3) is 0.909. The molecule has 0 radical (unpaired) electrons. The predicted molar refractivity (Wildman–Crippen MR) is 50.2 cm³/mol. The molecule has 4 atom stereocenters. The van der Waals surface area contributed by atoms with E-state index >= 15 is 0 Å². The van der Waals surface area contributed by atoms with Gasteiger partial charge in [-0.25, -0.2) is 0 Å². The first-order valence-electron chi connectivity index (χ1n) is 5.14. The Morgan fingerprint density at radius 1 is 1.31 bits per heavy atom. The maximum Gasteiger partial charge on any atom is 0.164 e. The van der Waals surface area contributed by atoms with Crippen LogP contribution in [0, 0.1) is 23.2 Å². The maximum absolute atomic E-state index is 11.6. The van der Waals surface area contributed by atoms with Crippen LogP contribution >= 0.6 is 0 Å². The van der Waals surface area contributed by atoms with Crippen molar-refractivity contribution < 1.29 is 9.90 Å². The number of Topliss-reactive ketones (excluding diaryl/α,β-unsaturated/α-hetero) is 1. The minimum Gasteiger partial charge on any atom is -0.385 e. The summed E-state index contributed by atoms with van der Waals surface area (Å²) in [5, 5.41) is 9.67. The van der Waals surface area contributed by atoms with Crippen LogP contribution in [0.25, 0.3) is 0 Å². The number of rotatable bonds is 0. The molecule has 2 nitrogen and oxygen atoms in total. The van der Waals surface area contributed by atoms with Gasteiger partial charge >= 0.3 is 0 Å². The Bertz CT molecular complexity index is 239. The van der Waals surface area contributed by atoms with Gasteiger partial charge in [0.15, 0.2) is 5.78 Å². The molecule has 2 bridgehead atoms. The van der Waals surface area contributed by atoms with E-state index in [1.54, 1.807) is 0 Å². The van der Waals surface area contributed by atoms with Gasteiger partial charge in [-0.1, -0.05) is 20.8 Å². The van der Waals surface area contributed by atoms with Crippen LogP contribution in [-0.4, -0.2) is 17.0 Å². The number of aliphatic hydroxyl groups is 1. The number of carbonyl (C=O) groups is 1. The van der Waals surface area contributed by atoms with Crippen molar-refractivity contribution in [2.75, 3.05) is 0 Å². The van der Waals surface area contributed by atoms with Gasteiger partial charge < -0.3 is 5.11 Å². The van der Waals surface area contributed by atoms with Crippen molar-refractivity contribution in [1.82, 2.24) is 0 Å². The van der Waals surface area contributed by atoms with Gasteiger partial charge in [0.05, 0.1) is 0 Å². The first kappa shape index (κ1) is 9.20. The van der Waals surface area contributed by atoms with Gasteiger partial charge in [0.1, 0.15) is 6.10 Å². The molecule has 74 valence electrons. The molecule has 0 amide bonds. The molecule has 1 N–H and O–H groups in total. The van der Waals surface area contributed by atoms with Crippen LogP contribution in [0.2, 0.25) is 0 Å². The summed E-state index contributed by atoms with van der Waals surface area (Å²) in [5.74, 6) is 0.920. The highest BCUT2D eigenvalue weighted by Crippen LogP contribution is 2.54. The van der Waals surface area contributed by atoms with Crippen LogP contribution in [0.5, 0.6) is 0 Å². The molecular weight excluding hydrogens is 164 g/mol. The molecule has 2 rings (SSSR count). The molecule has 0 aliphatic heterocycles. The average molecular weight is 182 g/mol. The summed E-state index contributed by atoms with van der Waals surface area (Å²) < 4.78 is 0. The van der Waals surface area contributed by atoms with Crippen LogP contribution in [0.3, 0.4) is 0 Å². The van der Waals surface area contributed by atoms with Gasteiger partial charge in [0.2, 0.25) is 0 Å². The third-order valence-electron chi connectivity index (χ3n) is 3.77. The second-order valence-corrected chi connectivity index (χ2v) is 5.59. The lowest BCUT2D eigenvalue weighted by atomic mass is 9.74. The summed E-state index contributed by atoms with van der Waals surface area (Å²) in [7, 11) is 0. The molecule has 0 aromatic heterocycles. The first-order valence-corrected chi connectivity index (χ1v) is 5.14. The summed E-state index contributed by atoms with van der Waals surface area (Å²) in [6.07, 6.45) is 1.39. The second-order valence-electron chi connectivity index (χ2n) is 5.59. The fourth-order valence-corrected chi connectivity index (χ4v) is 3.38. The molecule has 0 spiro atoms. The lowest BCUT2D eigenvalue weighted by Gasteiger charge is -2.30. The highest BCUT2D eigenvalue weighted by molar-refractivity contribution is 5.89. The number of hydrogen-bond acceptors (Lipinski definition) is 2. The summed E-state index contributed by atoms with van der Waals surface area (Å²) in [5.41, 5.74) is 0.166.